The number of pyridine rings is 2. The minimum Gasteiger partial charge on any atom is -0.512 e. The van der Waals surface area contributed by atoms with Crippen molar-refractivity contribution in [2.45, 2.75) is 107 Å². The van der Waals surface area contributed by atoms with Crippen LogP contribution in [0.5, 0.6) is 0 Å². The number of rotatable bonds is 12. The second kappa shape index (κ2) is 31.1. The molecule has 0 fully saturated rings. The minimum atomic E-state index is -0.125. The zero-order valence-corrected chi connectivity index (χ0v) is 55.1. The molecule has 0 amide bonds. The van der Waals surface area contributed by atoms with Crippen molar-refractivity contribution >= 4 is 54.4 Å². The van der Waals surface area contributed by atoms with Gasteiger partial charge >= 0.3 is 0 Å². The summed E-state index contributed by atoms with van der Waals surface area (Å²) in [4.78, 5) is 32.3. The molecule has 6 nitrogen and oxygen atoms in total. The van der Waals surface area contributed by atoms with Gasteiger partial charge in [-0.05, 0) is 119 Å². The molecule has 426 valence electrons. The third-order valence-corrected chi connectivity index (χ3v) is 15.5. The van der Waals surface area contributed by atoms with Crippen molar-refractivity contribution in [2.75, 3.05) is 0 Å². The van der Waals surface area contributed by atoms with Gasteiger partial charge in [-0.15, -0.1) is 93.5 Å². The van der Waals surface area contributed by atoms with Gasteiger partial charge in [-0.3, -0.25) is 9.59 Å². The van der Waals surface area contributed by atoms with E-state index in [2.05, 4.69) is 201 Å². The van der Waals surface area contributed by atoms with E-state index in [4.69, 9.17) is 20.2 Å². The van der Waals surface area contributed by atoms with E-state index in [9.17, 15) is 9.59 Å². The molecular formula is C72H72Ir2N2O4S2-2. The maximum atomic E-state index is 10.0. The molecule has 0 aliphatic rings. The number of aliphatic hydroxyl groups is 2. The first-order valence-corrected chi connectivity index (χ1v) is 28.9. The van der Waals surface area contributed by atoms with Crippen LogP contribution in [0.3, 0.4) is 0 Å². The van der Waals surface area contributed by atoms with Crippen LogP contribution >= 0.6 is 22.7 Å². The number of aliphatic hydroxyl groups excluding tert-OH is 2. The molecule has 0 atom stereocenters. The van der Waals surface area contributed by atoms with E-state index in [1.165, 1.54) is 125 Å². The van der Waals surface area contributed by atoms with Crippen molar-refractivity contribution in [3.63, 3.8) is 0 Å². The van der Waals surface area contributed by atoms with Crippen LogP contribution in [-0.4, -0.2) is 31.7 Å². The number of allylic oxidation sites excluding steroid dienone is 4. The van der Waals surface area contributed by atoms with E-state index in [-0.39, 0.29) is 63.3 Å². The molecule has 10 heteroatoms. The van der Waals surface area contributed by atoms with Gasteiger partial charge in [0.1, 0.15) is 0 Å². The molecule has 6 aromatic carbocycles. The predicted octanol–water partition coefficient (Wildman–Crippen LogP) is 20.8. The van der Waals surface area contributed by atoms with Gasteiger partial charge in [0.25, 0.3) is 0 Å². The third-order valence-electron chi connectivity index (χ3n) is 13.2. The van der Waals surface area contributed by atoms with E-state index in [1.54, 1.807) is 0 Å². The fraction of sp³-hybridized carbons (Fsp3) is 0.222. The summed E-state index contributed by atoms with van der Waals surface area (Å²) < 4.78 is 2.52. The number of carbonyl (C=O) groups excluding carboxylic acids is 2. The van der Waals surface area contributed by atoms with Crippen molar-refractivity contribution < 1.29 is 60.0 Å². The van der Waals surface area contributed by atoms with Crippen LogP contribution in [-0.2, 0) is 49.8 Å². The van der Waals surface area contributed by atoms with Crippen LogP contribution in [0.15, 0.2) is 194 Å². The number of hydrogen-bond donors (Lipinski definition) is 2. The number of nitrogens with zero attached hydrogens (tertiary/aromatic N) is 2. The Morgan fingerprint density at radius 1 is 0.451 bits per heavy atom. The second-order valence-corrected chi connectivity index (χ2v) is 23.4. The summed E-state index contributed by atoms with van der Waals surface area (Å²) in [5.74, 6) is 1.86. The van der Waals surface area contributed by atoms with Crippen LogP contribution in [0.1, 0.15) is 129 Å². The standard InChI is InChI=1S/2C31H28NS.2C5H8O2.2Ir/c1-20(2)26-14-9-15-27(21(3)4)31(26)30-17-25-19-32-28(18-29(25)33-30)24-13-8-12-23(16-24)22-10-6-5-7-11-22;1-20(2)25-14-26(21(3)4)16-27(15-25)30-17-28-19-32-29(18-31(28)33-30)24-12-8-11-23(13-24)22-9-6-5-7-10-22;2*1-4(6)3-5(2)7;;/h5-12,14-21H,1-4H3;5-11,13-21H,1-4H3;2*3,6H,1-2H3;;/q2*-1;;;;. The number of hydrogen-bond acceptors (Lipinski definition) is 8. The normalized spacial score (nSPS) is 11.3. The van der Waals surface area contributed by atoms with Gasteiger partial charge in [0.2, 0.25) is 0 Å². The Morgan fingerprint density at radius 2 is 0.854 bits per heavy atom. The number of carbonyl (C=O) groups is 2. The summed E-state index contributed by atoms with van der Waals surface area (Å²) in [5.41, 5.74) is 17.1. The quantitative estimate of drug-likeness (QED) is 0.0718. The molecule has 2 radical (unpaired) electrons. The van der Waals surface area contributed by atoms with E-state index < -0.39 is 0 Å². The second-order valence-electron chi connectivity index (χ2n) is 21.3. The van der Waals surface area contributed by atoms with Gasteiger partial charge < -0.3 is 20.2 Å². The zero-order valence-electron chi connectivity index (χ0n) is 48.7. The number of ketones is 2. The van der Waals surface area contributed by atoms with Gasteiger partial charge in [0.15, 0.2) is 11.6 Å². The van der Waals surface area contributed by atoms with Gasteiger partial charge in [0, 0.05) is 94.7 Å². The Kier molecular flexibility index (Phi) is 25.0. The van der Waals surface area contributed by atoms with Crippen LogP contribution in [0.25, 0.3) is 85.8 Å². The molecule has 82 heavy (non-hydrogen) atoms. The summed E-state index contributed by atoms with van der Waals surface area (Å²) in [6, 6.07) is 63.1. The first-order valence-electron chi connectivity index (χ1n) is 27.2. The largest absolute Gasteiger partial charge is 0.512 e. The maximum absolute atomic E-state index is 10.0. The Labute approximate surface area is 520 Å². The SMILES string of the molecule is CC(=O)C=C(C)O.CC(=O)C=C(C)O.CC(C)c1cc(-c2cc3cnc(-c4[c-]ccc(-c5ccccc5)c4)cc3s2)cc(C(C)C)c1.CC(C)c1cccc(C(C)C)c1-c1cc2cnc(-c3[c-]ccc(-c4ccccc4)c3)cc2s1.[Ir].[Ir]. The Balaban J connectivity index is 0.000000239. The summed E-state index contributed by atoms with van der Waals surface area (Å²) in [7, 11) is 0. The van der Waals surface area contributed by atoms with E-state index in [0.29, 0.717) is 23.7 Å². The molecule has 0 saturated carbocycles. The maximum Gasteiger partial charge on any atom is 0.155 e. The summed E-state index contributed by atoms with van der Waals surface area (Å²) in [6.45, 7) is 23.9. The smallest absolute Gasteiger partial charge is 0.155 e. The van der Waals surface area contributed by atoms with Crippen molar-refractivity contribution in [3.8, 4) is 65.6 Å². The van der Waals surface area contributed by atoms with Gasteiger partial charge in [-0.25, -0.2) is 0 Å². The predicted molar refractivity (Wildman–Crippen MR) is 340 cm³/mol. The Bertz CT molecular complexity index is 3710. The topological polar surface area (TPSA) is 100 Å². The monoisotopic (exact) mass is 1480 g/mol. The van der Waals surface area contributed by atoms with Crippen LogP contribution in [0, 0.1) is 12.1 Å². The van der Waals surface area contributed by atoms with Crippen LogP contribution in [0.4, 0.5) is 0 Å². The molecule has 0 saturated heterocycles. The average Bonchev–Trinajstić information content (AvgIpc) is 4.23. The molecule has 2 N–H and O–H groups in total. The first-order chi connectivity index (χ1) is 38.2. The van der Waals surface area contributed by atoms with Crippen LogP contribution in [0.2, 0.25) is 0 Å². The molecule has 10 rings (SSSR count). The number of aromatic nitrogens is 2. The molecule has 0 unspecified atom stereocenters. The number of benzene rings is 6. The van der Waals surface area contributed by atoms with Crippen molar-refractivity contribution in [1.82, 2.24) is 9.97 Å². The fourth-order valence-corrected chi connectivity index (χ4v) is 11.4. The molecule has 0 spiro atoms. The Morgan fingerprint density at radius 3 is 1.22 bits per heavy atom. The van der Waals surface area contributed by atoms with Crippen molar-refractivity contribution in [1.29, 1.82) is 0 Å². The van der Waals surface area contributed by atoms with Gasteiger partial charge in [-0.1, -0.05) is 165 Å². The molecule has 4 heterocycles. The summed E-state index contributed by atoms with van der Waals surface area (Å²) >= 11 is 3.72. The zero-order chi connectivity index (χ0) is 57.6. The summed E-state index contributed by atoms with van der Waals surface area (Å²) in [5, 5.41) is 19.1. The fourth-order valence-electron chi connectivity index (χ4n) is 9.19. The number of fused-ring (bicyclic) bond motifs is 2. The Hall–Kier alpha value is -6.74. The van der Waals surface area contributed by atoms with E-state index in [1.807, 2.05) is 59.3 Å². The van der Waals surface area contributed by atoms with E-state index in [0.717, 1.165) is 22.5 Å². The molecule has 4 aromatic heterocycles. The molecule has 0 aliphatic carbocycles. The third kappa shape index (κ3) is 18.1. The number of thiophene rings is 2. The van der Waals surface area contributed by atoms with Crippen molar-refractivity contribution in [2.24, 2.45) is 0 Å². The molecule has 0 bridgehead atoms. The minimum absolute atomic E-state index is 0. The first kappa shape index (κ1) is 66.1. The van der Waals surface area contributed by atoms with Crippen molar-refractivity contribution in [3.05, 3.63) is 228 Å². The average molecular weight is 1480 g/mol. The van der Waals surface area contributed by atoms with E-state index >= 15 is 0 Å². The van der Waals surface area contributed by atoms with Crippen LogP contribution < -0.4 is 0 Å². The molecular weight excluding hydrogens is 1410 g/mol. The van der Waals surface area contributed by atoms with Gasteiger partial charge in [0.05, 0.1) is 11.5 Å². The van der Waals surface area contributed by atoms with Gasteiger partial charge in [-0.2, -0.15) is 0 Å². The summed E-state index contributed by atoms with van der Waals surface area (Å²) in [6.07, 6.45) is 6.35. The molecule has 0 aliphatic heterocycles. The molecule has 10 aromatic rings.